The van der Waals surface area contributed by atoms with E-state index >= 15 is 0 Å². The average Bonchev–Trinajstić information content (AvgIpc) is 3.32. The van der Waals surface area contributed by atoms with Crippen molar-refractivity contribution in [2.75, 3.05) is 5.73 Å². The SMILES string of the molecule is CCc1noc2c1-c1cnc(N)c(n1)O[C@H](C)c1cc(C)ccc1-c1nn(C)cc1C2. The van der Waals surface area contributed by atoms with Crippen molar-refractivity contribution in [3.8, 4) is 28.4 Å². The summed E-state index contributed by atoms with van der Waals surface area (Å²) in [6.45, 7) is 6.08. The molecule has 8 heteroatoms. The Bertz CT molecular complexity index is 1290. The van der Waals surface area contributed by atoms with Crippen molar-refractivity contribution in [3.05, 3.63) is 58.7 Å². The number of anilines is 1. The number of hydrogen-bond acceptors (Lipinski definition) is 7. The Labute approximate surface area is 180 Å². The largest absolute Gasteiger partial charge is 0.467 e. The van der Waals surface area contributed by atoms with Crippen LogP contribution in [0, 0.1) is 6.92 Å². The summed E-state index contributed by atoms with van der Waals surface area (Å²) in [4.78, 5) is 9.05. The van der Waals surface area contributed by atoms with Gasteiger partial charge in [0.15, 0.2) is 11.6 Å². The molecule has 2 N–H and O–H groups in total. The maximum atomic E-state index is 6.24. The number of rotatable bonds is 1. The predicted molar refractivity (Wildman–Crippen MR) is 117 cm³/mol. The van der Waals surface area contributed by atoms with Crippen molar-refractivity contribution in [2.24, 2.45) is 7.05 Å². The Hall–Kier alpha value is -3.68. The highest BCUT2D eigenvalue weighted by Crippen LogP contribution is 2.38. The van der Waals surface area contributed by atoms with Crippen LogP contribution >= 0.6 is 0 Å². The Morgan fingerprint density at radius 1 is 1.29 bits per heavy atom. The van der Waals surface area contributed by atoms with E-state index in [4.69, 9.17) is 25.1 Å². The minimum absolute atomic E-state index is 0.247. The fraction of sp³-hybridized carbons (Fsp3) is 0.304. The number of ether oxygens (including phenoxy) is 1. The molecule has 0 saturated carbocycles. The average molecular weight is 416 g/mol. The smallest absolute Gasteiger partial charge is 0.258 e. The van der Waals surface area contributed by atoms with E-state index in [1.165, 1.54) is 0 Å². The molecule has 1 aliphatic rings. The van der Waals surface area contributed by atoms with Gasteiger partial charge in [0, 0.05) is 36.4 Å². The second kappa shape index (κ2) is 7.23. The molecule has 1 aromatic carbocycles. The summed E-state index contributed by atoms with van der Waals surface area (Å²) in [5.41, 5.74) is 13.5. The molecule has 31 heavy (non-hydrogen) atoms. The highest BCUT2D eigenvalue weighted by molar-refractivity contribution is 5.71. The molecule has 0 radical (unpaired) electrons. The number of aromatic nitrogens is 5. The van der Waals surface area contributed by atoms with Crippen LogP contribution in [0.5, 0.6) is 5.88 Å². The van der Waals surface area contributed by atoms with Crippen LogP contribution in [-0.2, 0) is 19.9 Å². The molecule has 0 spiro atoms. The molecule has 5 rings (SSSR count). The third-order valence-corrected chi connectivity index (χ3v) is 5.64. The first kappa shape index (κ1) is 19.3. The van der Waals surface area contributed by atoms with Gasteiger partial charge in [0.25, 0.3) is 5.88 Å². The molecule has 8 nitrogen and oxygen atoms in total. The van der Waals surface area contributed by atoms with Gasteiger partial charge < -0.3 is 15.0 Å². The van der Waals surface area contributed by atoms with E-state index < -0.39 is 0 Å². The van der Waals surface area contributed by atoms with Gasteiger partial charge in [-0.05, 0) is 20.3 Å². The van der Waals surface area contributed by atoms with Gasteiger partial charge in [-0.1, -0.05) is 35.8 Å². The lowest BCUT2D eigenvalue weighted by atomic mass is 9.94. The number of nitrogens with zero attached hydrogens (tertiary/aromatic N) is 5. The number of nitrogens with two attached hydrogens (primary N) is 1. The summed E-state index contributed by atoms with van der Waals surface area (Å²) in [5.74, 6) is 1.27. The lowest BCUT2D eigenvalue weighted by Crippen LogP contribution is -2.10. The normalized spacial score (nSPS) is 15.2. The van der Waals surface area contributed by atoms with Crippen LogP contribution in [0.3, 0.4) is 0 Å². The summed E-state index contributed by atoms with van der Waals surface area (Å²) < 4.78 is 13.8. The lowest BCUT2D eigenvalue weighted by Gasteiger charge is -2.20. The first-order chi connectivity index (χ1) is 14.9. The van der Waals surface area contributed by atoms with Crippen LogP contribution in [-0.4, -0.2) is 24.9 Å². The molecule has 2 bridgehead atoms. The first-order valence-electron chi connectivity index (χ1n) is 10.3. The summed E-state index contributed by atoms with van der Waals surface area (Å²) >= 11 is 0. The van der Waals surface area contributed by atoms with E-state index in [1.807, 2.05) is 31.8 Å². The van der Waals surface area contributed by atoms with E-state index in [-0.39, 0.29) is 11.9 Å². The molecule has 0 aliphatic carbocycles. The van der Waals surface area contributed by atoms with Crippen LogP contribution in [0.25, 0.3) is 22.5 Å². The summed E-state index contributed by atoms with van der Waals surface area (Å²) in [6.07, 6.45) is 4.61. The van der Waals surface area contributed by atoms with E-state index in [0.717, 1.165) is 45.0 Å². The van der Waals surface area contributed by atoms with Gasteiger partial charge in [-0.15, -0.1) is 0 Å². The van der Waals surface area contributed by atoms with E-state index in [2.05, 4.69) is 35.3 Å². The molecule has 0 unspecified atom stereocenters. The zero-order valence-electron chi connectivity index (χ0n) is 18.0. The third-order valence-electron chi connectivity index (χ3n) is 5.64. The van der Waals surface area contributed by atoms with Gasteiger partial charge in [-0.3, -0.25) is 4.68 Å². The standard InChI is InChI=1S/C23H24N6O2/c1-5-17-20-18-10-25-22(24)23(26-18)30-13(3)16-8-12(2)6-7-15(16)21-14(11-29(4)27-21)9-19(20)31-28-17/h6-8,10-11,13H,5,9H2,1-4H3,(H2,24,25)/t13-/m1/s1. The van der Waals surface area contributed by atoms with Crippen molar-refractivity contribution in [1.82, 2.24) is 24.9 Å². The third kappa shape index (κ3) is 3.24. The van der Waals surface area contributed by atoms with Crippen molar-refractivity contribution in [2.45, 2.75) is 39.7 Å². The van der Waals surface area contributed by atoms with Crippen molar-refractivity contribution in [1.29, 1.82) is 0 Å². The Morgan fingerprint density at radius 2 is 2.13 bits per heavy atom. The van der Waals surface area contributed by atoms with Crippen LogP contribution in [0.1, 0.15) is 48.1 Å². The molecule has 1 atom stereocenters. The fourth-order valence-corrected chi connectivity index (χ4v) is 4.14. The van der Waals surface area contributed by atoms with Crippen LogP contribution in [0.15, 0.2) is 35.1 Å². The van der Waals surface area contributed by atoms with Gasteiger partial charge in [-0.2, -0.15) is 5.10 Å². The molecule has 4 heterocycles. The lowest BCUT2D eigenvalue weighted by molar-refractivity contribution is 0.219. The second-order valence-electron chi connectivity index (χ2n) is 7.93. The van der Waals surface area contributed by atoms with Gasteiger partial charge in [0.1, 0.15) is 6.10 Å². The summed E-state index contributed by atoms with van der Waals surface area (Å²) in [7, 11) is 1.92. The van der Waals surface area contributed by atoms with Gasteiger partial charge >= 0.3 is 0 Å². The van der Waals surface area contributed by atoms with E-state index in [0.29, 0.717) is 24.4 Å². The molecule has 1 aliphatic heterocycles. The Balaban J connectivity index is 1.81. The first-order valence-corrected chi connectivity index (χ1v) is 10.3. The van der Waals surface area contributed by atoms with E-state index in [9.17, 15) is 0 Å². The molecule has 3 aromatic heterocycles. The minimum Gasteiger partial charge on any atom is -0.467 e. The summed E-state index contributed by atoms with van der Waals surface area (Å²) in [6, 6.07) is 6.29. The monoisotopic (exact) mass is 416 g/mol. The molecule has 0 saturated heterocycles. The fourth-order valence-electron chi connectivity index (χ4n) is 4.14. The molecular formula is C23H24N6O2. The molecule has 0 amide bonds. The predicted octanol–water partition coefficient (Wildman–Crippen LogP) is 4.03. The topological polar surface area (TPSA) is 105 Å². The highest BCUT2D eigenvalue weighted by atomic mass is 16.5. The van der Waals surface area contributed by atoms with Crippen LogP contribution in [0.2, 0.25) is 0 Å². The molecule has 4 aromatic rings. The quantitative estimate of drug-likeness (QED) is 0.499. The zero-order valence-corrected chi connectivity index (χ0v) is 18.0. The van der Waals surface area contributed by atoms with Gasteiger partial charge in [0.05, 0.1) is 28.8 Å². The maximum absolute atomic E-state index is 6.24. The second-order valence-corrected chi connectivity index (χ2v) is 7.93. The molecule has 158 valence electrons. The van der Waals surface area contributed by atoms with Crippen LogP contribution in [0.4, 0.5) is 5.82 Å². The number of fused-ring (bicyclic) bond motifs is 7. The molecular weight excluding hydrogens is 392 g/mol. The maximum Gasteiger partial charge on any atom is 0.258 e. The Kier molecular flexibility index (Phi) is 4.50. The van der Waals surface area contributed by atoms with Crippen molar-refractivity contribution >= 4 is 5.82 Å². The number of aryl methyl sites for hydroxylation is 3. The Morgan fingerprint density at radius 3 is 2.94 bits per heavy atom. The minimum atomic E-state index is -0.302. The number of nitrogen functional groups attached to an aromatic ring is 1. The van der Waals surface area contributed by atoms with Crippen LogP contribution < -0.4 is 10.5 Å². The highest BCUT2D eigenvalue weighted by Gasteiger charge is 2.26. The zero-order chi connectivity index (χ0) is 21.7. The number of hydrogen-bond donors (Lipinski definition) is 1. The van der Waals surface area contributed by atoms with Gasteiger partial charge in [0.2, 0.25) is 0 Å². The van der Waals surface area contributed by atoms with Gasteiger partial charge in [-0.25, -0.2) is 9.97 Å². The van der Waals surface area contributed by atoms with E-state index in [1.54, 1.807) is 6.20 Å². The van der Waals surface area contributed by atoms with Crippen molar-refractivity contribution < 1.29 is 9.26 Å². The molecule has 0 fully saturated rings. The van der Waals surface area contributed by atoms with Crippen molar-refractivity contribution in [3.63, 3.8) is 0 Å². The summed E-state index contributed by atoms with van der Waals surface area (Å²) in [5, 5.41) is 9.07. The number of benzene rings is 1.